The highest BCUT2D eigenvalue weighted by Gasteiger charge is 2.28. The largest absolute Gasteiger partial charge is 0.348 e. The highest BCUT2D eigenvalue weighted by Crippen LogP contribution is 2.42. The van der Waals surface area contributed by atoms with Gasteiger partial charge >= 0.3 is 5.69 Å². The Morgan fingerprint density at radius 1 is 1.08 bits per heavy atom. The minimum atomic E-state index is -0.289. The molecule has 2 aromatic carbocycles. The molecule has 6 heteroatoms. The molecule has 0 spiro atoms. The lowest BCUT2D eigenvalue weighted by Gasteiger charge is -2.14. The number of nitrogens with zero attached hydrogens (tertiary/aromatic N) is 2. The van der Waals surface area contributed by atoms with E-state index < -0.39 is 0 Å². The van der Waals surface area contributed by atoms with E-state index in [-0.39, 0.29) is 12.2 Å². The summed E-state index contributed by atoms with van der Waals surface area (Å²) in [6.07, 6.45) is 2.13. The summed E-state index contributed by atoms with van der Waals surface area (Å²) in [6.45, 7) is 0.271. The van der Waals surface area contributed by atoms with Gasteiger partial charge in [-0.15, -0.1) is 0 Å². The van der Waals surface area contributed by atoms with Gasteiger partial charge in [-0.1, -0.05) is 40.9 Å². The Balaban J connectivity index is 1.94. The van der Waals surface area contributed by atoms with Gasteiger partial charge in [0.25, 0.3) is 0 Å². The number of benzene rings is 2. The normalized spacial score (nSPS) is 14.3. The van der Waals surface area contributed by atoms with Crippen LogP contribution >= 0.6 is 34.8 Å². The van der Waals surface area contributed by atoms with Crippen molar-refractivity contribution >= 4 is 45.7 Å². The Morgan fingerprint density at radius 3 is 2.46 bits per heavy atom. The molecule has 0 amide bonds. The Labute approximate surface area is 153 Å². The third-order valence-electron chi connectivity index (χ3n) is 4.31. The Kier molecular flexibility index (Phi) is 4.03. The molecular formula is C18H13Cl3N2O. The third-order valence-corrected chi connectivity index (χ3v) is 5.26. The molecule has 122 valence electrons. The first-order chi connectivity index (χ1) is 11.5. The van der Waals surface area contributed by atoms with Gasteiger partial charge in [-0.3, -0.25) is 4.57 Å². The molecule has 24 heavy (non-hydrogen) atoms. The molecule has 0 atom stereocenters. The van der Waals surface area contributed by atoms with E-state index in [0.717, 1.165) is 29.4 Å². The zero-order chi connectivity index (χ0) is 16.8. The van der Waals surface area contributed by atoms with Crippen LogP contribution in [0.4, 0.5) is 0 Å². The van der Waals surface area contributed by atoms with Crippen molar-refractivity contribution in [2.45, 2.75) is 25.3 Å². The second-order valence-corrected chi connectivity index (χ2v) is 7.25. The van der Waals surface area contributed by atoms with Crippen molar-refractivity contribution in [3.63, 3.8) is 0 Å². The monoisotopic (exact) mass is 378 g/mol. The number of aromatic nitrogens is 2. The van der Waals surface area contributed by atoms with Crippen LogP contribution in [0, 0.1) is 0 Å². The lowest BCUT2D eigenvalue weighted by atomic mass is 10.1. The van der Waals surface area contributed by atoms with Crippen LogP contribution in [0.3, 0.4) is 0 Å². The first-order valence-electron chi connectivity index (χ1n) is 7.67. The van der Waals surface area contributed by atoms with Gasteiger partial charge in [-0.2, -0.15) is 4.98 Å². The zero-order valence-electron chi connectivity index (χ0n) is 12.6. The molecular weight excluding hydrogens is 367 g/mol. The third kappa shape index (κ3) is 2.81. The van der Waals surface area contributed by atoms with Crippen molar-refractivity contribution in [3.05, 3.63) is 73.2 Å². The lowest BCUT2D eigenvalue weighted by molar-refractivity contribution is 0.750. The van der Waals surface area contributed by atoms with Crippen LogP contribution in [0.25, 0.3) is 10.9 Å². The highest BCUT2D eigenvalue weighted by molar-refractivity contribution is 6.36. The average molecular weight is 380 g/mol. The van der Waals surface area contributed by atoms with E-state index in [9.17, 15) is 4.79 Å². The maximum absolute atomic E-state index is 12.6. The zero-order valence-corrected chi connectivity index (χ0v) is 14.9. The summed E-state index contributed by atoms with van der Waals surface area (Å²) in [7, 11) is 0. The number of hydrogen-bond acceptors (Lipinski definition) is 2. The van der Waals surface area contributed by atoms with Gasteiger partial charge in [0.2, 0.25) is 0 Å². The van der Waals surface area contributed by atoms with Crippen molar-refractivity contribution < 1.29 is 0 Å². The van der Waals surface area contributed by atoms with E-state index in [1.165, 1.54) is 0 Å². The quantitative estimate of drug-likeness (QED) is 0.620. The maximum Gasteiger partial charge on any atom is 0.348 e. The van der Waals surface area contributed by atoms with E-state index in [4.69, 9.17) is 34.8 Å². The van der Waals surface area contributed by atoms with Crippen LogP contribution < -0.4 is 5.69 Å². The molecule has 1 aromatic heterocycles. The summed E-state index contributed by atoms with van der Waals surface area (Å²) >= 11 is 18.7. The molecule has 3 nitrogen and oxygen atoms in total. The van der Waals surface area contributed by atoms with Gasteiger partial charge in [-0.05, 0) is 43.2 Å². The molecule has 0 N–H and O–H groups in total. The topological polar surface area (TPSA) is 34.9 Å². The predicted molar refractivity (Wildman–Crippen MR) is 98.6 cm³/mol. The first-order valence-corrected chi connectivity index (χ1v) is 8.81. The van der Waals surface area contributed by atoms with Crippen molar-refractivity contribution in [2.75, 3.05) is 0 Å². The Bertz CT molecular complexity index is 989. The van der Waals surface area contributed by atoms with E-state index in [2.05, 4.69) is 4.98 Å². The summed E-state index contributed by atoms with van der Waals surface area (Å²) in [5.41, 5.74) is 2.07. The molecule has 4 rings (SSSR count). The highest BCUT2D eigenvalue weighted by atomic mass is 35.5. The maximum atomic E-state index is 12.6. The fraction of sp³-hybridized carbons (Fsp3) is 0.222. The van der Waals surface area contributed by atoms with Gasteiger partial charge < -0.3 is 0 Å². The van der Waals surface area contributed by atoms with Crippen LogP contribution in [0.2, 0.25) is 15.1 Å². The minimum Gasteiger partial charge on any atom is -0.287 e. The predicted octanol–water partition coefficient (Wildman–Crippen LogP) is 5.28. The SMILES string of the molecule is O=c1nc(C2CC2)c2cc(Cl)ccc2n1Cc1c(Cl)cccc1Cl. The standard InChI is InChI=1S/C18H13Cl3N2O/c19-11-6-7-16-12(8-11)17(10-4-5-10)22-18(24)23(16)9-13-14(20)2-1-3-15(13)21/h1-3,6-8,10H,4-5,9H2. The molecule has 1 saturated carbocycles. The van der Waals surface area contributed by atoms with Crippen LogP contribution in [-0.4, -0.2) is 9.55 Å². The molecule has 3 aromatic rings. The molecule has 1 heterocycles. The lowest BCUT2D eigenvalue weighted by Crippen LogP contribution is -2.25. The molecule has 0 radical (unpaired) electrons. The van der Waals surface area contributed by atoms with Crippen molar-refractivity contribution in [3.8, 4) is 0 Å². The summed E-state index contributed by atoms with van der Waals surface area (Å²) in [5, 5.41) is 2.62. The smallest absolute Gasteiger partial charge is 0.287 e. The van der Waals surface area contributed by atoms with Crippen LogP contribution in [0.1, 0.15) is 30.0 Å². The van der Waals surface area contributed by atoms with E-state index in [0.29, 0.717) is 26.5 Å². The summed E-state index contributed by atoms with van der Waals surface area (Å²) in [5.74, 6) is 0.359. The fourth-order valence-electron chi connectivity index (χ4n) is 2.94. The molecule has 0 saturated heterocycles. The summed E-state index contributed by atoms with van der Waals surface area (Å²) < 4.78 is 1.60. The van der Waals surface area contributed by atoms with Crippen LogP contribution in [0.5, 0.6) is 0 Å². The van der Waals surface area contributed by atoms with Crippen molar-refractivity contribution in [2.24, 2.45) is 0 Å². The van der Waals surface area contributed by atoms with E-state index in [1.807, 2.05) is 12.1 Å². The molecule has 0 unspecified atom stereocenters. The fourth-order valence-corrected chi connectivity index (χ4v) is 3.63. The van der Waals surface area contributed by atoms with Gasteiger partial charge in [-0.25, -0.2) is 4.79 Å². The Morgan fingerprint density at radius 2 is 1.79 bits per heavy atom. The first kappa shape index (κ1) is 15.9. The summed E-state index contributed by atoms with van der Waals surface area (Å²) in [4.78, 5) is 17.0. The average Bonchev–Trinajstić information content (AvgIpc) is 3.37. The summed E-state index contributed by atoms with van der Waals surface area (Å²) in [6, 6.07) is 10.8. The molecule has 1 aliphatic rings. The van der Waals surface area contributed by atoms with Gasteiger partial charge in [0, 0.05) is 31.9 Å². The number of rotatable bonds is 3. The Hall–Kier alpha value is -1.55. The van der Waals surface area contributed by atoms with Gasteiger partial charge in [0.15, 0.2) is 0 Å². The number of halogens is 3. The molecule has 1 fully saturated rings. The number of fused-ring (bicyclic) bond motifs is 1. The minimum absolute atomic E-state index is 0.271. The second-order valence-electron chi connectivity index (χ2n) is 6.00. The van der Waals surface area contributed by atoms with Crippen LogP contribution in [-0.2, 0) is 6.54 Å². The van der Waals surface area contributed by atoms with Crippen molar-refractivity contribution in [1.82, 2.24) is 9.55 Å². The van der Waals surface area contributed by atoms with Gasteiger partial charge in [0.05, 0.1) is 17.8 Å². The second kappa shape index (κ2) is 6.07. The van der Waals surface area contributed by atoms with Gasteiger partial charge in [0.1, 0.15) is 0 Å². The van der Waals surface area contributed by atoms with Crippen LogP contribution in [0.15, 0.2) is 41.2 Å². The number of hydrogen-bond donors (Lipinski definition) is 0. The van der Waals surface area contributed by atoms with E-state index >= 15 is 0 Å². The van der Waals surface area contributed by atoms with E-state index in [1.54, 1.807) is 28.8 Å². The molecule has 1 aliphatic carbocycles. The molecule has 0 aliphatic heterocycles. The van der Waals surface area contributed by atoms with Crippen molar-refractivity contribution in [1.29, 1.82) is 0 Å². The molecule has 0 bridgehead atoms.